The van der Waals surface area contributed by atoms with Gasteiger partial charge in [-0.15, -0.1) is 0 Å². The largest absolute Gasteiger partial charge is 0.480 e. The predicted molar refractivity (Wildman–Crippen MR) is 82.9 cm³/mol. The van der Waals surface area contributed by atoms with Crippen molar-refractivity contribution >= 4 is 26.9 Å². The van der Waals surface area contributed by atoms with Crippen LogP contribution in [0, 0.1) is 5.92 Å². The van der Waals surface area contributed by atoms with Crippen LogP contribution in [0.3, 0.4) is 0 Å². The molecule has 0 spiro atoms. The number of aromatic nitrogens is 1. The van der Waals surface area contributed by atoms with Gasteiger partial charge < -0.3 is 5.11 Å². The highest BCUT2D eigenvalue weighted by Gasteiger charge is 2.27. The number of hydrogen-bond acceptors (Lipinski definition) is 4. The minimum Gasteiger partial charge on any atom is -0.480 e. The van der Waals surface area contributed by atoms with Gasteiger partial charge in [-0.05, 0) is 24.5 Å². The zero-order valence-electron chi connectivity index (χ0n) is 12.4. The van der Waals surface area contributed by atoms with Crippen LogP contribution >= 0.6 is 0 Å². The van der Waals surface area contributed by atoms with Gasteiger partial charge in [-0.3, -0.25) is 9.78 Å². The van der Waals surface area contributed by atoms with Crippen LogP contribution in [-0.2, 0) is 14.8 Å². The second-order valence-corrected chi connectivity index (χ2v) is 7.16. The van der Waals surface area contributed by atoms with Crippen molar-refractivity contribution < 1.29 is 18.3 Å². The van der Waals surface area contributed by atoms with Crippen molar-refractivity contribution in [2.24, 2.45) is 5.92 Å². The van der Waals surface area contributed by atoms with E-state index in [1.54, 1.807) is 24.3 Å². The molecule has 22 heavy (non-hydrogen) atoms. The first kappa shape index (κ1) is 16.4. The Labute approximate surface area is 129 Å². The van der Waals surface area contributed by atoms with Crippen molar-refractivity contribution in [3.8, 4) is 0 Å². The summed E-state index contributed by atoms with van der Waals surface area (Å²) in [6.45, 7) is 3.67. The van der Waals surface area contributed by atoms with Crippen LogP contribution in [-0.4, -0.2) is 30.5 Å². The van der Waals surface area contributed by atoms with Crippen molar-refractivity contribution in [3.63, 3.8) is 0 Å². The molecular formula is C15H18N2O4S. The lowest BCUT2D eigenvalue weighted by Crippen LogP contribution is -2.41. The van der Waals surface area contributed by atoms with Gasteiger partial charge >= 0.3 is 5.97 Å². The summed E-state index contributed by atoms with van der Waals surface area (Å²) in [5, 5.41) is 9.88. The average Bonchev–Trinajstić information content (AvgIpc) is 2.45. The second-order valence-electron chi connectivity index (χ2n) is 5.47. The van der Waals surface area contributed by atoms with Crippen LogP contribution in [0.2, 0.25) is 0 Å². The molecule has 1 aromatic heterocycles. The summed E-state index contributed by atoms with van der Waals surface area (Å²) in [6.07, 6.45) is 1.72. The molecule has 7 heteroatoms. The Morgan fingerprint density at radius 1 is 1.27 bits per heavy atom. The standard InChI is InChI=1S/C15H18N2O4S/c1-10(2)9-12(15(18)19)17-22(20,21)13-7-3-5-11-6-4-8-16-14(11)13/h3-8,10,12,17H,9H2,1-2H3,(H,18,19). The molecule has 0 radical (unpaired) electrons. The summed E-state index contributed by atoms with van der Waals surface area (Å²) in [5.74, 6) is -1.14. The fourth-order valence-electron chi connectivity index (χ4n) is 2.21. The molecule has 0 bridgehead atoms. The fraction of sp³-hybridized carbons (Fsp3) is 0.333. The van der Waals surface area contributed by atoms with Gasteiger partial charge in [0.15, 0.2) is 0 Å². The number of benzene rings is 1. The van der Waals surface area contributed by atoms with Crippen LogP contribution in [0.1, 0.15) is 20.3 Å². The van der Waals surface area contributed by atoms with Gasteiger partial charge in [0.1, 0.15) is 10.9 Å². The topological polar surface area (TPSA) is 96.4 Å². The molecule has 6 nitrogen and oxygen atoms in total. The maximum absolute atomic E-state index is 12.5. The average molecular weight is 322 g/mol. The van der Waals surface area contributed by atoms with E-state index < -0.39 is 22.0 Å². The number of para-hydroxylation sites is 1. The summed E-state index contributed by atoms with van der Waals surface area (Å²) in [6, 6.07) is 7.09. The van der Waals surface area contributed by atoms with E-state index in [-0.39, 0.29) is 17.2 Å². The van der Waals surface area contributed by atoms with Crippen molar-refractivity contribution in [1.82, 2.24) is 9.71 Å². The molecule has 0 aliphatic rings. The van der Waals surface area contributed by atoms with E-state index in [1.807, 2.05) is 13.8 Å². The maximum Gasteiger partial charge on any atom is 0.321 e. The summed E-state index contributed by atoms with van der Waals surface area (Å²) in [7, 11) is -3.97. The lowest BCUT2D eigenvalue weighted by molar-refractivity contribution is -0.139. The Morgan fingerprint density at radius 2 is 1.95 bits per heavy atom. The normalized spacial score (nSPS) is 13.4. The number of carboxylic acids is 1. The molecule has 0 amide bonds. The minimum atomic E-state index is -3.97. The molecule has 2 N–H and O–H groups in total. The van der Waals surface area contributed by atoms with Crippen LogP contribution in [0.4, 0.5) is 0 Å². The van der Waals surface area contributed by atoms with Crippen molar-refractivity contribution in [1.29, 1.82) is 0 Å². The summed E-state index contributed by atoms with van der Waals surface area (Å²) < 4.78 is 27.3. The van der Waals surface area contributed by atoms with Gasteiger partial charge in [-0.25, -0.2) is 8.42 Å². The third-order valence-corrected chi connectivity index (χ3v) is 4.69. The minimum absolute atomic E-state index is 0.0133. The molecule has 2 aromatic rings. The number of sulfonamides is 1. The molecule has 0 aliphatic heterocycles. The quantitative estimate of drug-likeness (QED) is 0.848. The van der Waals surface area contributed by atoms with Gasteiger partial charge in [0.25, 0.3) is 0 Å². The van der Waals surface area contributed by atoms with Gasteiger partial charge in [-0.1, -0.05) is 32.0 Å². The SMILES string of the molecule is CC(C)CC(NS(=O)(=O)c1cccc2cccnc12)C(=O)O. The zero-order chi connectivity index (χ0) is 16.3. The Bertz CT molecular complexity index is 782. The number of hydrogen-bond donors (Lipinski definition) is 2. The van der Waals surface area contributed by atoms with Crippen molar-refractivity contribution in [2.45, 2.75) is 31.2 Å². The van der Waals surface area contributed by atoms with Crippen LogP contribution in [0.15, 0.2) is 41.4 Å². The zero-order valence-corrected chi connectivity index (χ0v) is 13.2. The number of nitrogens with zero attached hydrogens (tertiary/aromatic N) is 1. The van der Waals surface area contributed by atoms with E-state index in [9.17, 15) is 18.3 Å². The first-order valence-corrected chi connectivity index (χ1v) is 8.38. The van der Waals surface area contributed by atoms with E-state index in [4.69, 9.17) is 0 Å². The highest BCUT2D eigenvalue weighted by Crippen LogP contribution is 2.21. The van der Waals surface area contributed by atoms with Gasteiger partial charge in [0, 0.05) is 11.6 Å². The number of carbonyl (C=O) groups is 1. The highest BCUT2D eigenvalue weighted by molar-refractivity contribution is 7.89. The molecule has 1 aromatic carbocycles. The van der Waals surface area contributed by atoms with E-state index >= 15 is 0 Å². The molecule has 1 atom stereocenters. The smallest absolute Gasteiger partial charge is 0.321 e. The molecule has 0 fully saturated rings. The first-order chi connectivity index (χ1) is 10.3. The molecule has 0 aliphatic carbocycles. The van der Waals surface area contributed by atoms with E-state index in [2.05, 4.69) is 9.71 Å². The Morgan fingerprint density at radius 3 is 2.59 bits per heavy atom. The third-order valence-electron chi connectivity index (χ3n) is 3.19. The summed E-state index contributed by atoms with van der Waals surface area (Å²) >= 11 is 0. The number of carboxylic acid groups (broad SMARTS) is 1. The summed E-state index contributed by atoms with van der Waals surface area (Å²) in [4.78, 5) is 15.3. The molecule has 1 heterocycles. The van der Waals surface area contributed by atoms with Crippen LogP contribution in [0.5, 0.6) is 0 Å². The van der Waals surface area contributed by atoms with Crippen molar-refractivity contribution in [2.75, 3.05) is 0 Å². The first-order valence-electron chi connectivity index (χ1n) is 6.90. The number of nitrogens with one attached hydrogen (secondary N) is 1. The lowest BCUT2D eigenvalue weighted by Gasteiger charge is -2.17. The third kappa shape index (κ3) is 3.61. The van der Waals surface area contributed by atoms with Crippen molar-refractivity contribution in [3.05, 3.63) is 36.5 Å². The second kappa shape index (κ2) is 6.41. The number of fused-ring (bicyclic) bond motifs is 1. The number of pyridine rings is 1. The molecule has 1 unspecified atom stereocenters. The highest BCUT2D eigenvalue weighted by atomic mass is 32.2. The molecular weight excluding hydrogens is 304 g/mol. The Hall–Kier alpha value is -1.99. The van der Waals surface area contributed by atoms with Gasteiger partial charge in [0.2, 0.25) is 10.0 Å². The van der Waals surface area contributed by atoms with E-state index in [0.29, 0.717) is 10.9 Å². The van der Waals surface area contributed by atoms with Gasteiger partial charge in [0.05, 0.1) is 5.52 Å². The van der Waals surface area contributed by atoms with Gasteiger partial charge in [-0.2, -0.15) is 4.72 Å². The number of aliphatic carboxylic acids is 1. The molecule has 2 rings (SSSR count). The molecule has 118 valence electrons. The monoisotopic (exact) mass is 322 g/mol. The van der Waals surface area contributed by atoms with E-state index in [1.165, 1.54) is 12.3 Å². The summed E-state index contributed by atoms with van der Waals surface area (Å²) in [5.41, 5.74) is 0.325. The number of rotatable bonds is 6. The molecule has 0 saturated carbocycles. The predicted octanol–water partition coefficient (Wildman–Crippen LogP) is 2.01. The van der Waals surface area contributed by atoms with Crippen LogP contribution in [0.25, 0.3) is 10.9 Å². The fourth-order valence-corrected chi connectivity index (χ4v) is 3.60. The lowest BCUT2D eigenvalue weighted by atomic mass is 10.1. The Kier molecular flexibility index (Phi) is 4.77. The van der Waals surface area contributed by atoms with Crippen LogP contribution < -0.4 is 4.72 Å². The Balaban J connectivity index is 2.42. The molecule has 0 saturated heterocycles. The maximum atomic E-state index is 12.5. The van der Waals surface area contributed by atoms with E-state index in [0.717, 1.165) is 0 Å².